The zero-order valence-corrected chi connectivity index (χ0v) is 23.2. The standard InChI is InChI=1S/C30H41ClN2O5/c1-3-20-8-6-9-21(16-20)28-23(10-7-11-24(28)31)30(36,12-4-5-14-37-2)27-19-33(13-15-38-27)29(35)22-17-25(32)26(34)18-22/h6-11,16,22,25-27,34,36H,3-5,12-15,17-19,32H2,1-2H3/t22-,25+,26-,27?,30+/m0/s1. The number of methoxy groups -OCH3 is 1. The number of halogens is 1. The number of morpholine rings is 1. The van der Waals surface area contributed by atoms with Crippen molar-refractivity contribution in [2.75, 3.05) is 33.4 Å². The van der Waals surface area contributed by atoms with Gasteiger partial charge in [0.2, 0.25) is 5.91 Å². The average Bonchev–Trinajstić information content (AvgIpc) is 3.28. The van der Waals surface area contributed by atoms with E-state index in [1.54, 1.807) is 12.0 Å². The van der Waals surface area contributed by atoms with Crippen molar-refractivity contribution in [2.45, 2.75) is 69.3 Å². The molecule has 0 aromatic heterocycles. The van der Waals surface area contributed by atoms with Crippen LogP contribution in [0.4, 0.5) is 0 Å². The van der Waals surface area contributed by atoms with Crippen LogP contribution >= 0.6 is 11.6 Å². The Bertz CT molecular complexity index is 1090. The molecule has 1 aliphatic heterocycles. The second-order valence-electron chi connectivity index (χ2n) is 10.6. The van der Waals surface area contributed by atoms with E-state index in [-0.39, 0.29) is 24.4 Å². The molecule has 7 nitrogen and oxygen atoms in total. The number of aliphatic hydroxyl groups is 2. The zero-order chi connectivity index (χ0) is 27.3. The van der Waals surface area contributed by atoms with Crippen LogP contribution in [0.25, 0.3) is 11.1 Å². The van der Waals surface area contributed by atoms with Crippen LogP contribution in [0.5, 0.6) is 0 Å². The zero-order valence-electron chi connectivity index (χ0n) is 22.4. The molecule has 4 rings (SSSR count). The third kappa shape index (κ3) is 6.24. The Labute approximate surface area is 230 Å². The van der Waals surface area contributed by atoms with Crippen LogP contribution in [0.2, 0.25) is 5.02 Å². The van der Waals surface area contributed by atoms with E-state index in [1.165, 1.54) is 5.56 Å². The number of aryl methyl sites for hydroxylation is 1. The van der Waals surface area contributed by atoms with E-state index < -0.39 is 17.8 Å². The number of amides is 1. The van der Waals surface area contributed by atoms with Gasteiger partial charge >= 0.3 is 0 Å². The van der Waals surface area contributed by atoms with E-state index in [4.69, 9.17) is 26.8 Å². The molecule has 5 atom stereocenters. The second-order valence-corrected chi connectivity index (χ2v) is 11.0. The van der Waals surface area contributed by atoms with E-state index in [9.17, 15) is 15.0 Å². The highest BCUT2D eigenvalue weighted by Gasteiger charge is 2.45. The van der Waals surface area contributed by atoms with Gasteiger partial charge in [0.1, 0.15) is 11.7 Å². The summed E-state index contributed by atoms with van der Waals surface area (Å²) in [6.45, 7) is 3.72. The molecule has 1 aliphatic carbocycles. The predicted molar refractivity (Wildman–Crippen MR) is 149 cm³/mol. The van der Waals surface area contributed by atoms with Gasteiger partial charge in [-0.1, -0.05) is 54.9 Å². The largest absolute Gasteiger partial charge is 0.391 e. The Morgan fingerprint density at radius 2 is 2.03 bits per heavy atom. The lowest BCUT2D eigenvalue weighted by Crippen LogP contribution is -2.55. The number of hydrogen-bond donors (Lipinski definition) is 3. The molecule has 1 heterocycles. The molecule has 0 radical (unpaired) electrons. The monoisotopic (exact) mass is 544 g/mol. The summed E-state index contributed by atoms with van der Waals surface area (Å²) < 4.78 is 11.5. The highest BCUT2D eigenvalue weighted by Crippen LogP contribution is 2.43. The number of benzene rings is 2. The van der Waals surface area contributed by atoms with Gasteiger partial charge in [-0.05, 0) is 61.3 Å². The van der Waals surface area contributed by atoms with Crippen molar-refractivity contribution in [1.29, 1.82) is 0 Å². The highest BCUT2D eigenvalue weighted by molar-refractivity contribution is 6.33. The van der Waals surface area contributed by atoms with Crippen molar-refractivity contribution in [3.05, 3.63) is 58.6 Å². The number of nitrogens with zero attached hydrogens (tertiary/aromatic N) is 1. The van der Waals surface area contributed by atoms with Crippen LogP contribution in [0.15, 0.2) is 42.5 Å². The van der Waals surface area contributed by atoms with Gasteiger partial charge in [0.05, 0.1) is 19.3 Å². The van der Waals surface area contributed by atoms with Gasteiger partial charge in [0.15, 0.2) is 0 Å². The molecule has 1 saturated carbocycles. The van der Waals surface area contributed by atoms with Crippen LogP contribution in [0, 0.1) is 5.92 Å². The van der Waals surface area contributed by atoms with Crippen LogP contribution in [-0.2, 0) is 26.3 Å². The van der Waals surface area contributed by atoms with Gasteiger partial charge in [-0.3, -0.25) is 4.79 Å². The molecule has 4 N–H and O–H groups in total. The number of rotatable bonds is 10. The average molecular weight is 545 g/mol. The molecule has 1 amide bonds. The van der Waals surface area contributed by atoms with E-state index >= 15 is 0 Å². The molecular weight excluding hydrogens is 504 g/mol. The third-order valence-electron chi connectivity index (χ3n) is 8.10. The Morgan fingerprint density at radius 1 is 1.24 bits per heavy atom. The number of carbonyl (C=O) groups excluding carboxylic acids is 1. The van der Waals surface area contributed by atoms with Crippen molar-refractivity contribution in [2.24, 2.45) is 11.7 Å². The molecular formula is C30H41ClN2O5. The maximum absolute atomic E-state index is 13.4. The lowest BCUT2D eigenvalue weighted by Gasteiger charge is -2.44. The molecule has 208 valence electrons. The Balaban J connectivity index is 1.69. The maximum atomic E-state index is 13.4. The number of aliphatic hydroxyl groups excluding tert-OH is 1. The van der Waals surface area contributed by atoms with E-state index in [2.05, 4.69) is 19.1 Å². The molecule has 1 unspecified atom stereocenters. The van der Waals surface area contributed by atoms with Crippen molar-refractivity contribution < 1.29 is 24.5 Å². The minimum Gasteiger partial charge on any atom is -0.391 e. The first kappa shape index (κ1) is 29.0. The molecule has 0 spiro atoms. The molecule has 2 fully saturated rings. The first-order valence-electron chi connectivity index (χ1n) is 13.7. The summed E-state index contributed by atoms with van der Waals surface area (Å²) in [5, 5.41) is 23.2. The smallest absolute Gasteiger partial charge is 0.226 e. The van der Waals surface area contributed by atoms with Crippen molar-refractivity contribution >= 4 is 17.5 Å². The first-order valence-corrected chi connectivity index (χ1v) is 14.1. The Kier molecular flexibility index (Phi) is 9.84. The normalized spacial score (nSPS) is 25.4. The molecule has 38 heavy (non-hydrogen) atoms. The summed E-state index contributed by atoms with van der Waals surface area (Å²) in [6, 6.07) is 13.5. The Morgan fingerprint density at radius 3 is 2.74 bits per heavy atom. The minimum atomic E-state index is -1.39. The topological polar surface area (TPSA) is 105 Å². The lowest BCUT2D eigenvalue weighted by molar-refractivity contribution is -0.167. The van der Waals surface area contributed by atoms with Gasteiger partial charge in [0.25, 0.3) is 0 Å². The van der Waals surface area contributed by atoms with Crippen LogP contribution in [0.1, 0.15) is 50.2 Å². The third-order valence-corrected chi connectivity index (χ3v) is 8.41. The van der Waals surface area contributed by atoms with E-state index in [0.717, 1.165) is 24.0 Å². The molecule has 0 bridgehead atoms. The number of nitrogens with two attached hydrogens (primary N) is 1. The van der Waals surface area contributed by atoms with Gasteiger partial charge in [-0.2, -0.15) is 0 Å². The number of hydrogen-bond acceptors (Lipinski definition) is 6. The summed E-state index contributed by atoms with van der Waals surface area (Å²) in [6.07, 6.45) is 2.34. The SMILES string of the molecule is CCc1cccc(-c2c(Cl)cccc2[C@](O)(CCCCOC)C2CN(C(=O)[C@H]3C[C@@H](N)[C@@H](O)C3)CCO2)c1. The van der Waals surface area contributed by atoms with Crippen LogP contribution in [0.3, 0.4) is 0 Å². The molecule has 2 aliphatic rings. The van der Waals surface area contributed by atoms with Gasteiger partial charge in [0, 0.05) is 42.8 Å². The quantitative estimate of drug-likeness (QED) is 0.392. The fraction of sp³-hybridized carbons (Fsp3) is 0.567. The van der Waals surface area contributed by atoms with Gasteiger partial charge in [-0.15, -0.1) is 0 Å². The fourth-order valence-corrected chi connectivity index (χ4v) is 6.17. The summed E-state index contributed by atoms with van der Waals surface area (Å²) in [5.41, 5.74) is 8.21. The lowest BCUT2D eigenvalue weighted by atomic mass is 9.78. The first-order chi connectivity index (χ1) is 18.3. The number of ether oxygens (including phenoxy) is 2. The summed E-state index contributed by atoms with van der Waals surface area (Å²) in [5.74, 6) is -0.346. The summed E-state index contributed by atoms with van der Waals surface area (Å²) in [4.78, 5) is 15.2. The highest BCUT2D eigenvalue weighted by atomic mass is 35.5. The molecule has 2 aromatic rings. The van der Waals surface area contributed by atoms with E-state index in [0.29, 0.717) is 56.0 Å². The second kappa shape index (κ2) is 12.9. The minimum absolute atomic E-state index is 0.0333. The predicted octanol–water partition coefficient (Wildman–Crippen LogP) is 3.90. The van der Waals surface area contributed by atoms with Gasteiger partial charge < -0.3 is 30.3 Å². The molecule has 2 aromatic carbocycles. The fourth-order valence-electron chi connectivity index (χ4n) is 5.88. The molecule has 1 saturated heterocycles. The van der Waals surface area contributed by atoms with Crippen molar-refractivity contribution in [3.8, 4) is 11.1 Å². The Hall–Kier alpha value is -2.00. The summed E-state index contributed by atoms with van der Waals surface area (Å²) >= 11 is 6.81. The number of unbranched alkanes of at least 4 members (excludes halogenated alkanes) is 1. The van der Waals surface area contributed by atoms with Crippen LogP contribution < -0.4 is 5.73 Å². The van der Waals surface area contributed by atoms with Crippen molar-refractivity contribution in [1.82, 2.24) is 4.90 Å². The van der Waals surface area contributed by atoms with Gasteiger partial charge in [-0.25, -0.2) is 0 Å². The van der Waals surface area contributed by atoms with E-state index in [1.807, 2.05) is 30.3 Å². The number of carbonyl (C=O) groups is 1. The van der Waals surface area contributed by atoms with Crippen molar-refractivity contribution in [3.63, 3.8) is 0 Å². The maximum Gasteiger partial charge on any atom is 0.226 e. The summed E-state index contributed by atoms with van der Waals surface area (Å²) in [7, 11) is 1.67. The van der Waals surface area contributed by atoms with Crippen LogP contribution in [-0.4, -0.2) is 72.7 Å². The molecule has 8 heteroatoms.